The van der Waals surface area contributed by atoms with Crippen LogP contribution in [0.2, 0.25) is 0 Å². The number of hydrogen-bond donors (Lipinski definition) is 0. The molecule has 0 atom stereocenters. The Balaban J connectivity index is 4.24. The maximum atomic E-state index is 5.63. The molecule has 0 fully saturated rings. The van der Waals surface area contributed by atoms with Crippen LogP contribution in [0, 0.1) is 0 Å². The van der Waals surface area contributed by atoms with Crippen molar-refractivity contribution in [1.29, 1.82) is 0 Å². The molecule has 0 N–H and O–H groups in total. The van der Waals surface area contributed by atoms with Crippen LogP contribution in [0.25, 0.3) is 0 Å². The lowest BCUT2D eigenvalue weighted by Crippen LogP contribution is -2.17. The second kappa shape index (κ2) is 9.15. The second-order valence-electron chi connectivity index (χ2n) is 2.78. The van der Waals surface area contributed by atoms with E-state index in [1.165, 1.54) is 0 Å². The third-order valence-corrected chi connectivity index (χ3v) is 4.18. The molecule has 4 nitrogen and oxygen atoms in total. The smallest absolute Gasteiger partial charge is 0.0887 e. The fourth-order valence-corrected chi connectivity index (χ4v) is 3.29. The lowest BCUT2D eigenvalue weighted by Gasteiger charge is -2.36. The summed E-state index contributed by atoms with van der Waals surface area (Å²) in [5.74, 6) is 0.765. The first-order chi connectivity index (χ1) is 7.24. The molecule has 0 aromatic heterocycles. The molecule has 92 valence electrons. The number of rotatable bonds is 10. The van der Waals surface area contributed by atoms with E-state index < -0.39 is 10.9 Å². The fraction of sp³-hybridized carbons (Fsp3) is 0.900. The van der Waals surface area contributed by atoms with Crippen molar-refractivity contribution >= 4 is 17.6 Å². The van der Waals surface area contributed by atoms with Gasteiger partial charge in [-0.05, 0) is 33.9 Å². The first-order valence-corrected chi connectivity index (χ1v) is 6.99. The molecule has 0 saturated heterocycles. The fourth-order valence-electron chi connectivity index (χ4n) is 1.17. The third kappa shape index (κ3) is 6.14. The van der Waals surface area contributed by atoms with Crippen LogP contribution in [0.15, 0.2) is 4.99 Å². The van der Waals surface area contributed by atoms with Gasteiger partial charge < -0.3 is 4.99 Å². The molecule has 0 aliphatic carbocycles. The van der Waals surface area contributed by atoms with E-state index >= 15 is 0 Å². The Morgan fingerprint density at radius 2 is 1.47 bits per heavy atom. The molecule has 0 heterocycles. The summed E-state index contributed by atoms with van der Waals surface area (Å²) in [4.78, 5) is 3.82. The van der Waals surface area contributed by atoms with Gasteiger partial charge in [-0.2, -0.15) is 0 Å². The second-order valence-corrected chi connectivity index (χ2v) is 5.01. The molecule has 0 amide bonds. The van der Waals surface area contributed by atoms with Crippen molar-refractivity contribution in [3.05, 3.63) is 0 Å². The van der Waals surface area contributed by atoms with Gasteiger partial charge in [-0.25, -0.2) is 0 Å². The van der Waals surface area contributed by atoms with Crippen LogP contribution < -0.4 is 0 Å². The highest BCUT2D eigenvalue weighted by molar-refractivity contribution is 8.21. The molecule has 0 unspecified atom stereocenters. The molecule has 0 aliphatic rings. The Hall–Kier alpha value is -0.100. The van der Waals surface area contributed by atoms with Gasteiger partial charge in [0.1, 0.15) is 0 Å². The average Bonchev–Trinajstić information content (AvgIpc) is 2.19. The number of aliphatic imine (C=N–C) groups is 1. The van der Waals surface area contributed by atoms with E-state index in [0.717, 1.165) is 18.7 Å². The highest BCUT2D eigenvalue weighted by atomic mass is 32.3. The Labute approximate surface area is 94.9 Å². The van der Waals surface area contributed by atoms with Crippen molar-refractivity contribution in [2.75, 3.05) is 32.1 Å². The first-order valence-electron chi connectivity index (χ1n) is 5.41. The predicted octanol–water partition coefficient (Wildman–Crippen LogP) is 2.74. The Bertz CT molecular complexity index is 150. The quantitative estimate of drug-likeness (QED) is 0.433. The molecule has 0 aromatic rings. The van der Waals surface area contributed by atoms with Crippen molar-refractivity contribution in [3.8, 4) is 0 Å². The molecule has 0 spiro atoms. The molecule has 15 heavy (non-hydrogen) atoms. The summed E-state index contributed by atoms with van der Waals surface area (Å²) < 4.78 is 16.9. The van der Waals surface area contributed by atoms with E-state index in [0.29, 0.717) is 19.8 Å². The van der Waals surface area contributed by atoms with Crippen molar-refractivity contribution < 1.29 is 12.5 Å². The van der Waals surface area contributed by atoms with Gasteiger partial charge in [-0.15, -0.1) is 0 Å². The maximum absolute atomic E-state index is 5.63. The summed E-state index contributed by atoms with van der Waals surface area (Å²) in [6, 6.07) is 0. The van der Waals surface area contributed by atoms with Crippen molar-refractivity contribution in [2.24, 2.45) is 4.99 Å². The topological polar surface area (TPSA) is 40.0 Å². The van der Waals surface area contributed by atoms with Gasteiger partial charge in [0.2, 0.25) is 0 Å². The van der Waals surface area contributed by atoms with Gasteiger partial charge in [0, 0.05) is 12.3 Å². The first kappa shape index (κ1) is 14.9. The van der Waals surface area contributed by atoms with Gasteiger partial charge in [-0.3, -0.25) is 12.5 Å². The molecular formula is C10H23NO3S. The zero-order chi connectivity index (χ0) is 11.6. The Kier molecular flexibility index (Phi) is 9.09. The third-order valence-electron chi connectivity index (χ3n) is 1.60. The highest BCUT2D eigenvalue weighted by Gasteiger charge is 2.25. The highest BCUT2D eigenvalue weighted by Crippen LogP contribution is 2.51. The van der Waals surface area contributed by atoms with Crippen LogP contribution >= 0.6 is 10.9 Å². The van der Waals surface area contributed by atoms with E-state index in [1.807, 2.05) is 20.8 Å². The summed E-state index contributed by atoms with van der Waals surface area (Å²) in [6.45, 7) is 11.9. The van der Waals surface area contributed by atoms with Crippen LogP contribution in [0.3, 0.4) is 0 Å². The SMILES string of the molecule is C=NCCCS(OCC)(OCC)OCC. The minimum atomic E-state index is -1.81. The van der Waals surface area contributed by atoms with E-state index in [2.05, 4.69) is 11.7 Å². The van der Waals surface area contributed by atoms with E-state index in [9.17, 15) is 0 Å². The Morgan fingerprint density at radius 1 is 1.00 bits per heavy atom. The van der Waals surface area contributed by atoms with E-state index in [-0.39, 0.29) is 0 Å². The van der Waals surface area contributed by atoms with Crippen molar-refractivity contribution in [3.63, 3.8) is 0 Å². The van der Waals surface area contributed by atoms with Crippen LogP contribution in [-0.2, 0) is 12.5 Å². The van der Waals surface area contributed by atoms with Crippen LogP contribution in [0.1, 0.15) is 27.2 Å². The minimum Gasteiger partial charge on any atom is -0.301 e. The van der Waals surface area contributed by atoms with Gasteiger partial charge in [-0.1, -0.05) is 0 Å². The summed E-state index contributed by atoms with van der Waals surface area (Å²) in [7, 11) is -1.81. The van der Waals surface area contributed by atoms with E-state index in [4.69, 9.17) is 12.5 Å². The Morgan fingerprint density at radius 3 is 1.80 bits per heavy atom. The lowest BCUT2D eigenvalue weighted by molar-refractivity contribution is 0.185. The molecule has 0 radical (unpaired) electrons. The van der Waals surface area contributed by atoms with Crippen LogP contribution in [-0.4, -0.2) is 38.8 Å². The van der Waals surface area contributed by atoms with Gasteiger partial charge in [0.15, 0.2) is 0 Å². The normalized spacial score (nSPS) is 12.7. The van der Waals surface area contributed by atoms with Crippen molar-refractivity contribution in [2.45, 2.75) is 27.2 Å². The maximum Gasteiger partial charge on any atom is 0.0887 e. The van der Waals surface area contributed by atoms with Gasteiger partial charge in [0.05, 0.1) is 30.7 Å². The van der Waals surface area contributed by atoms with Crippen LogP contribution in [0.5, 0.6) is 0 Å². The summed E-state index contributed by atoms with van der Waals surface area (Å²) in [5.41, 5.74) is 0. The van der Waals surface area contributed by atoms with Gasteiger partial charge in [0.25, 0.3) is 0 Å². The molecule has 0 rings (SSSR count). The molecule has 0 saturated carbocycles. The monoisotopic (exact) mass is 237 g/mol. The molecule has 0 aromatic carbocycles. The zero-order valence-electron chi connectivity index (χ0n) is 10.0. The summed E-state index contributed by atoms with van der Waals surface area (Å²) in [5, 5.41) is 0. The molecule has 0 bridgehead atoms. The van der Waals surface area contributed by atoms with Crippen molar-refractivity contribution in [1.82, 2.24) is 0 Å². The predicted molar refractivity (Wildman–Crippen MR) is 66.4 cm³/mol. The zero-order valence-corrected chi connectivity index (χ0v) is 10.8. The van der Waals surface area contributed by atoms with Gasteiger partial charge >= 0.3 is 0 Å². The summed E-state index contributed by atoms with van der Waals surface area (Å²) in [6.07, 6.45) is 0.888. The lowest BCUT2D eigenvalue weighted by atomic mass is 10.5. The molecule has 0 aliphatic heterocycles. The standard InChI is InChI=1S/C10H23NO3S/c1-5-12-15(13-6-2,14-7-3)10-8-9-11-4/h4-10H2,1-3H3. The largest absolute Gasteiger partial charge is 0.301 e. The van der Waals surface area contributed by atoms with Crippen LogP contribution in [0.4, 0.5) is 0 Å². The molecule has 5 heteroatoms. The minimum absolute atomic E-state index is 0.608. The molecular weight excluding hydrogens is 214 g/mol. The summed E-state index contributed by atoms with van der Waals surface area (Å²) >= 11 is 0. The number of hydrogen-bond acceptors (Lipinski definition) is 4. The number of nitrogens with zero attached hydrogens (tertiary/aromatic N) is 1. The average molecular weight is 237 g/mol. The van der Waals surface area contributed by atoms with E-state index in [1.54, 1.807) is 0 Å².